The molecule has 0 saturated carbocycles. The molecule has 0 spiro atoms. The highest BCUT2D eigenvalue weighted by atomic mass is 16.1. The minimum absolute atomic E-state index is 0.326. The molecule has 0 rings (SSSR count). The first kappa shape index (κ1) is 8.68. The summed E-state index contributed by atoms with van der Waals surface area (Å²) in [6.45, 7) is 5.05. The Morgan fingerprint density at radius 1 is 1.60 bits per heavy atom. The molecule has 0 aromatic heterocycles. The number of amides is 2. The van der Waals surface area contributed by atoms with E-state index < -0.39 is 0 Å². The van der Waals surface area contributed by atoms with Crippen LogP contribution in [0, 0.1) is 0 Å². The highest BCUT2D eigenvalue weighted by Crippen LogP contribution is 1.88. The topological polar surface area (TPSA) is 49.4 Å². The zero-order valence-corrected chi connectivity index (χ0v) is 5.78. The van der Waals surface area contributed by atoms with E-state index in [1.807, 2.05) is 0 Å². The van der Waals surface area contributed by atoms with Crippen molar-refractivity contribution in [2.24, 2.45) is 0 Å². The molecule has 0 aromatic carbocycles. The molecule has 0 aliphatic rings. The first-order chi connectivity index (χ1) is 4.76. The molecule has 0 fully saturated rings. The van der Waals surface area contributed by atoms with Gasteiger partial charge in [0.1, 0.15) is 6.17 Å². The van der Waals surface area contributed by atoms with Gasteiger partial charge in [-0.05, 0) is 6.92 Å². The smallest absolute Gasteiger partial charge is 0.215 e. The fourth-order valence-electron chi connectivity index (χ4n) is 0.477. The molecule has 1 unspecified atom stereocenters. The van der Waals surface area contributed by atoms with Gasteiger partial charge >= 0.3 is 0 Å². The van der Waals surface area contributed by atoms with Gasteiger partial charge in [-0.25, -0.2) is 0 Å². The van der Waals surface area contributed by atoms with Crippen LogP contribution < -0.4 is 5.32 Å². The van der Waals surface area contributed by atoms with E-state index in [4.69, 9.17) is 0 Å². The van der Waals surface area contributed by atoms with Gasteiger partial charge in [0.05, 0.1) is 0 Å². The molecular formula is C6H10N2O2. The predicted octanol–water partition coefficient (Wildman–Crippen LogP) is -0.320. The standard InChI is InChI=1S/C6H10N2O2/c1-3-8(5-10)6(2)7-4-9/h3-6H,1H2,2H3,(H,7,9). The molecule has 0 aliphatic carbocycles. The molecule has 1 atom stereocenters. The Labute approximate surface area is 59.5 Å². The van der Waals surface area contributed by atoms with E-state index in [1.54, 1.807) is 6.92 Å². The van der Waals surface area contributed by atoms with Crippen molar-refractivity contribution in [3.63, 3.8) is 0 Å². The molecule has 0 heterocycles. The summed E-state index contributed by atoms with van der Waals surface area (Å²) in [6, 6.07) is 0. The van der Waals surface area contributed by atoms with Crippen LogP contribution in [0.5, 0.6) is 0 Å². The molecule has 4 heteroatoms. The average molecular weight is 142 g/mol. The number of rotatable bonds is 5. The van der Waals surface area contributed by atoms with Gasteiger partial charge < -0.3 is 10.2 Å². The number of hydrogen-bond donors (Lipinski definition) is 1. The maximum Gasteiger partial charge on any atom is 0.215 e. The Morgan fingerprint density at radius 3 is 2.50 bits per heavy atom. The fourth-order valence-corrected chi connectivity index (χ4v) is 0.477. The van der Waals surface area contributed by atoms with Crippen LogP contribution in [0.25, 0.3) is 0 Å². The second kappa shape index (κ2) is 4.55. The Morgan fingerprint density at radius 2 is 2.20 bits per heavy atom. The van der Waals surface area contributed by atoms with Crippen molar-refractivity contribution in [1.29, 1.82) is 0 Å². The molecule has 0 bridgehead atoms. The van der Waals surface area contributed by atoms with Crippen molar-refractivity contribution in [2.75, 3.05) is 0 Å². The van der Waals surface area contributed by atoms with E-state index in [1.165, 1.54) is 11.1 Å². The zero-order valence-electron chi connectivity index (χ0n) is 5.78. The summed E-state index contributed by atoms with van der Waals surface area (Å²) in [7, 11) is 0. The highest BCUT2D eigenvalue weighted by Gasteiger charge is 2.04. The second-order valence-electron chi connectivity index (χ2n) is 1.70. The van der Waals surface area contributed by atoms with Crippen molar-refractivity contribution in [2.45, 2.75) is 13.1 Å². The summed E-state index contributed by atoms with van der Waals surface area (Å²) in [5.74, 6) is 0. The van der Waals surface area contributed by atoms with Crippen LogP contribution in [0.4, 0.5) is 0 Å². The number of carbonyl (C=O) groups excluding carboxylic acids is 2. The Kier molecular flexibility index (Phi) is 3.95. The fraction of sp³-hybridized carbons (Fsp3) is 0.333. The van der Waals surface area contributed by atoms with E-state index in [0.717, 1.165) is 0 Å². The lowest BCUT2D eigenvalue weighted by Gasteiger charge is -2.19. The van der Waals surface area contributed by atoms with Crippen molar-refractivity contribution in [1.82, 2.24) is 10.2 Å². The lowest BCUT2D eigenvalue weighted by molar-refractivity contribution is -0.119. The molecule has 0 radical (unpaired) electrons. The predicted molar refractivity (Wildman–Crippen MR) is 36.8 cm³/mol. The first-order valence-corrected chi connectivity index (χ1v) is 2.81. The van der Waals surface area contributed by atoms with Gasteiger partial charge in [0, 0.05) is 6.20 Å². The van der Waals surface area contributed by atoms with Crippen LogP contribution >= 0.6 is 0 Å². The van der Waals surface area contributed by atoms with Gasteiger partial charge in [-0.1, -0.05) is 6.58 Å². The lowest BCUT2D eigenvalue weighted by atomic mass is 10.5. The monoisotopic (exact) mass is 142 g/mol. The molecule has 10 heavy (non-hydrogen) atoms. The van der Waals surface area contributed by atoms with Crippen molar-refractivity contribution >= 4 is 12.8 Å². The summed E-state index contributed by atoms with van der Waals surface area (Å²) < 4.78 is 0. The van der Waals surface area contributed by atoms with Crippen molar-refractivity contribution in [3.8, 4) is 0 Å². The summed E-state index contributed by atoms with van der Waals surface area (Å²) in [6.07, 6.45) is 2.14. The first-order valence-electron chi connectivity index (χ1n) is 2.81. The summed E-state index contributed by atoms with van der Waals surface area (Å²) in [5, 5.41) is 2.39. The van der Waals surface area contributed by atoms with Crippen LogP contribution in [0.15, 0.2) is 12.8 Å². The van der Waals surface area contributed by atoms with Gasteiger partial charge in [0.25, 0.3) is 0 Å². The van der Waals surface area contributed by atoms with E-state index in [-0.39, 0.29) is 6.17 Å². The summed E-state index contributed by atoms with van der Waals surface area (Å²) in [5.41, 5.74) is 0. The quantitative estimate of drug-likeness (QED) is 0.422. The van der Waals surface area contributed by atoms with Crippen LogP contribution in [-0.2, 0) is 9.59 Å². The molecule has 0 aromatic rings. The van der Waals surface area contributed by atoms with Gasteiger partial charge in [-0.3, -0.25) is 9.59 Å². The van der Waals surface area contributed by atoms with Gasteiger partial charge in [-0.15, -0.1) is 0 Å². The minimum atomic E-state index is -0.326. The number of hydrogen-bond acceptors (Lipinski definition) is 2. The molecule has 2 amide bonds. The van der Waals surface area contributed by atoms with Crippen LogP contribution in [0.2, 0.25) is 0 Å². The number of nitrogens with one attached hydrogen (secondary N) is 1. The van der Waals surface area contributed by atoms with Crippen molar-refractivity contribution in [3.05, 3.63) is 12.8 Å². The van der Waals surface area contributed by atoms with E-state index in [0.29, 0.717) is 12.8 Å². The lowest BCUT2D eigenvalue weighted by Crippen LogP contribution is -2.38. The average Bonchev–Trinajstić information content (AvgIpc) is 1.91. The third-order valence-electron chi connectivity index (χ3n) is 1.09. The molecule has 1 N–H and O–H groups in total. The Balaban J connectivity index is 3.86. The SMILES string of the molecule is C=CN(C=O)C(C)NC=O. The van der Waals surface area contributed by atoms with Gasteiger partial charge in [0.15, 0.2) is 0 Å². The van der Waals surface area contributed by atoms with Crippen LogP contribution in [0.1, 0.15) is 6.92 Å². The molecule has 0 saturated heterocycles. The molecule has 56 valence electrons. The number of nitrogens with zero attached hydrogens (tertiary/aromatic N) is 1. The summed E-state index contributed by atoms with van der Waals surface area (Å²) >= 11 is 0. The maximum absolute atomic E-state index is 10.2. The Hall–Kier alpha value is -1.32. The van der Waals surface area contributed by atoms with Gasteiger partial charge in [-0.2, -0.15) is 0 Å². The van der Waals surface area contributed by atoms with Crippen molar-refractivity contribution < 1.29 is 9.59 Å². The molecule has 4 nitrogen and oxygen atoms in total. The highest BCUT2D eigenvalue weighted by molar-refractivity contribution is 5.52. The largest absolute Gasteiger partial charge is 0.338 e. The normalized spacial score (nSPS) is 11.3. The maximum atomic E-state index is 10.2. The summed E-state index contributed by atoms with van der Waals surface area (Å²) in [4.78, 5) is 21.3. The third kappa shape index (κ3) is 2.30. The van der Waals surface area contributed by atoms with E-state index in [2.05, 4.69) is 11.9 Å². The number of carbonyl (C=O) groups is 2. The second-order valence-corrected chi connectivity index (χ2v) is 1.70. The van der Waals surface area contributed by atoms with Crippen LogP contribution in [-0.4, -0.2) is 23.9 Å². The minimum Gasteiger partial charge on any atom is -0.338 e. The van der Waals surface area contributed by atoms with E-state index in [9.17, 15) is 9.59 Å². The van der Waals surface area contributed by atoms with E-state index >= 15 is 0 Å². The molecule has 0 aliphatic heterocycles. The molecular weight excluding hydrogens is 132 g/mol. The Bertz CT molecular complexity index is 128. The van der Waals surface area contributed by atoms with Gasteiger partial charge in [0.2, 0.25) is 12.8 Å². The van der Waals surface area contributed by atoms with Crippen LogP contribution in [0.3, 0.4) is 0 Å². The zero-order chi connectivity index (χ0) is 7.98. The third-order valence-corrected chi connectivity index (χ3v) is 1.09.